The first kappa shape index (κ1) is 17.5. The van der Waals surface area contributed by atoms with Crippen LogP contribution in [0.5, 0.6) is 0 Å². The second-order valence-electron chi connectivity index (χ2n) is 5.70. The van der Waals surface area contributed by atoms with Gasteiger partial charge < -0.3 is 5.11 Å². The number of benzene rings is 2. The topological polar surface area (TPSA) is 57.6 Å². The van der Waals surface area contributed by atoms with Crippen molar-refractivity contribution < 1.29 is 14.7 Å². The largest absolute Gasteiger partial charge is 0.375 e. The molecule has 1 N–H and O–H groups in total. The van der Waals surface area contributed by atoms with E-state index in [2.05, 4.69) is 5.92 Å². The van der Waals surface area contributed by atoms with Crippen molar-refractivity contribution in [1.82, 2.24) is 0 Å². The minimum atomic E-state index is -1.98. The van der Waals surface area contributed by atoms with Crippen LogP contribution in [0, 0.1) is 12.3 Å². The number of carbonyl (C=O) groups excluding carboxylic acids is 2. The number of halogens is 2. The van der Waals surface area contributed by atoms with Crippen LogP contribution in [0.1, 0.15) is 22.3 Å². The van der Waals surface area contributed by atoms with E-state index in [1.807, 2.05) is 0 Å². The number of Topliss-reactive ketones (excluding diaryl/α,β-unsaturated/α-hetero) is 1. The third-order valence-corrected chi connectivity index (χ3v) is 4.68. The van der Waals surface area contributed by atoms with E-state index in [-0.39, 0.29) is 17.1 Å². The Balaban J connectivity index is 2.00. The van der Waals surface area contributed by atoms with Crippen LogP contribution in [-0.2, 0) is 10.4 Å². The fourth-order valence-electron chi connectivity index (χ4n) is 2.97. The van der Waals surface area contributed by atoms with Gasteiger partial charge in [0.2, 0.25) is 0 Å². The maximum absolute atomic E-state index is 12.8. The molecule has 3 rings (SSSR count). The van der Waals surface area contributed by atoms with Crippen LogP contribution in [0.3, 0.4) is 0 Å². The number of hydrogen-bond acceptors (Lipinski definition) is 3. The SMILES string of the molecule is C#CCN1C(=O)C(O)(CC(=O)c2ccc(Cl)cc2Cl)c2ccccc21. The number of hydrogen-bond donors (Lipinski definition) is 1. The van der Waals surface area contributed by atoms with Crippen LogP contribution in [0.25, 0.3) is 0 Å². The zero-order valence-electron chi connectivity index (χ0n) is 13.0. The van der Waals surface area contributed by atoms with Crippen LogP contribution in [0.15, 0.2) is 42.5 Å². The van der Waals surface area contributed by atoms with Gasteiger partial charge in [-0.3, -0.25) is 14.5 Å². The molecule has 4 nitrogen and oxygen atoms in total. The lowest BCUT2D eigenvalue weighted by Gasteiger charge is -2.22. The van der Waals surface area contributed by atoms with Crippen LogP contribution < -0.4 is 4.90 Å². The average Bonchev–Trinajstić information content (AvgIpc) is 2.77. The van der Waals surface area contributed by atoms with Crippen molar-refractivity contribution >= 4 is 40.6 Å². The smallest absolute Gasteiger partial charge is 0.265 e. The third-order valence-electron chi connectivity index (χ3n) is 4.14. The third kappa shape index (κ3) is 2.91. The summed E-state index contributed by atoms with van der Waals surface area (Å²) in [4.78, 5) is 26.7. The van der Waals surface area contributed by atoms with E-state index in [0.29, 0.717) is 16.3 Å². The zero-order chi connectivity index (χ0) is 18.2. The average molecular weight is 374 g/mol. The predicted octanol–water partition coefficient (Wildman–Crippen LogP) is 3.43. The fraction of sp³-hybridized carbons (Fsp3) is 0.158. The molecule has 0 spiro atoms. The summed E-state index contributed by atoms with van der Waals surface area (Å²) in [6, 6.07) is 11.2. The number of terminal acetylenes is 1. The van der Waals surface area contributed by atoms with Gasteiger partial charge in [0.25, 0.3) is 5.91 Å². The number of para-hydroxylation sites is 1. The summed E-state index contributed by atoms with van der Waals surface area (Å²) in [5.41, 5.74) is -0.926. The summed E-state index contributed by atoms with van der Waals surface area (Å²) < 4.78 is 0. The van der Waals surface area contributed by atoms with Gasteiger partial charge in [0.15, 0.2) is 11.4 Å². The molecule has 6 heteroatoms. The Morgan fingerprint density at radius 1 is 1.24 bits per heavy atom. The summed E-state index contributed by atoms with van der Waals surface area (Å²) in [6.45, 7) is 0.00798. The minimum absolute atomic E-state index is 0.00798. The summed E-state index contributed by atoms with van der Waals surface area (Å²) in [7, 11) is 0. The first-order chi connectivity index (χ1) is 11.9. The number of aliphatic hydroxyl groups is 1. The number of anilines is 1. The van der Waals surface area contributed by atoms with Crippen molar-refractivity contribution in [2.24, 2.45) is 0 Å². The molecule has 0 fully saturated rings. The van der Waals surface area contributed by atoms with Gasteiger partial charge >= 0.3 is 0 Å². The summed E-state index contributed by atoms with van der Waals surface area (Å²) in [6.07, 6.45) is 4.88. The maximum Gasteiger partial charge on any atom is 0.265 e. The van der Waals surface area contributed by atoms with Crippen LogP contribution in [0.4, 0.5) is 5.69 Å². The summed E-state index contributed by atoms with van der Waals surface area (Å²) >= 11 is 11.9. The lowest BCUT2D eigenvalue weighted by Crippen LogP contribution is -2.42. The molecule has 0 radical (unpaired) electrons. The van der Waals surface area contributed by atoms with E-state index in [0.717, 1.165) is 0 Å². The van der Waals surface area contributed by atoms with Crippen molar-refractivity contribution in [2.75, 3.05) is 11.4 Å². The lowest BCUT2D eigenvalue weighted by molar-refractivity contribution is -0.135. The quantitative estimate of drug-likeness (QED) is 0.659. The molecule has 2 aromatic carbocycles. The van der Waals surface area contributed by atoms with Crippen molar-refractivity contribution in [2.45, 2.75) is 12.0 Å². The molecule has 1 unspecified atom stereocenters. The van der Waals surface area contributed by atoms with E-state index in [9.17, 15) is 14.7 Å². The normalized spacial score (nSPS) is 18.8. The summed E-state index contributed by atoms with van der Waals surface area (Å²) in [5.74, 6) is 1.31. The highest BCUT2D eigenvalue weighted by Gasteiger charge is 2.50. The molecule has 1 aliphatic rings. The molecule has 1 amide bonds. The Morgan fingerprint density at radius 3 is 2.64 bits per heavy atom. The molecule has 126 valence electrons. The number of carbonyl (C=O) groups is 2. The molecule has 0 bridgehead atoms. The highest BCUT2D eigenvalue weighted by molar-refractivity contribution is 6.37. The van der Waals surface area contributed by atoms with Gasteiger partial charge in [0.1, 0.15) is 0 Å². The van der Waals surface area contributed by atoms with Gasteiger partial charge in [-0.15, -0.1) is 6.42 Å². The zero-order valence-corrected chi connectivity index (χ0v) is 14.5. The molecule has 2 aromatic rings. The first-order valence-corrected chi connectivity index (χ1v) is 8.19. The molecule has 0 aromatic heterocycles. The summed E-state index contributed by atoms with van der Waals surface area (Å²) in [5, 5.41) is 11.6. The van der Waals surface area contributed by atoms with Crippen molar-refractivity contribution in [3.63, 3.8) is 0 Å². The number of fused-ring (bicyclic) bond motifs is 1. The van der Waals surface area contributed by atoms with E-state index >= 15 is 0 Å². The van der Waals surface area contributed by atoms with Gasteiger partial charge in [0.05, 0.1) is 23.7 Å². The Bertz CT molecular complexity index is 919. The fourth-order valence-corrected chi connectivity index (χ4v) is 3.48. The van der Waals surface area contributed by atoms with Crippen LogP contribution in [0.2, 0.25) is 10.0 Å². The molecule has 0 saturated heterocycles. The lowest BCUT2D eigenvalue weighted by atomic mass is 9.88. The van der Waals surface area contributed by atoms with Gasteiger partial charge in [-0.05, 0) is 24.3 Å². The van der Waals surface area contributed by atoms with Crippen LogP contribution in [-0.4, -0.2) is 23.3 Å². The first-order valence-electron chi connectivity index (χ1n) is 7.44. The minimum Gasteiger partial charge on any atom is -0.375 e. The molecule has 25 heavy (non-hydrogen) atoms. The van der Waals surface area contributed by atoms with Crippen molar-refractivity contribution in [1.29, 1.82) is 0 Å². The van der Waals surface area contributed by atoms with Crippen molar-refractivity contribution in [3.05, 3.63) is 63.6 Å². The van der Waals surface area contributed by atoms with Crippen molar-refractivity contribution in [3.8, 4) is 12.3 Å². The van der Waals surface area contributed by atoms with Gasteiger partial charge in [-0.25, -0.2) is 0 Å². The molecular formula is C19H13Cl2NO3. The molecule has 1 heterocycles. The second kappa shape index (κ2) is 6.53. The van der Waals surface area contributed by atoms with E-state index in [1.165, 1.54) is 23.1 Å². The number of amides is 1. The standard InChI is InChI=1S/C19H13Cl2NO3/c1-2-9-22-16-6-4-3-5-14(16)19(25,18(22)24)11-17(23)13-8-7-12(20)10-15(13)21/h1,3-8,10,25H,9,11H2. The molecule has 0 saturated carbocycles. The van der Waals surface area contributed by atoms with E-state index in [4.69, 9.17) is 29.6 Å². The highest BCUT2D eigenvalue weighted by Crippen LogP contribution is 2.43. The molecule has 1 aliphatic heterocycles. The molecule has 1 atom stereocenters. The Morgan fingerprint density at radius 2 is 1.96 bits per heavy atom. The highest BCUT2D eigenvalue weighted by atomic mass is 35.5. The number of nitrogens with zero attached hydrogens (tertiary/aromatic N) is 1. The Hall–Kier alpha value is -2.32. The van der Waals surface area contributed by atoms with Crippen LogP contribution >= 0.6 is 23.2 Å². The number of rotatable bonds is 4. The van der Waals surface area contributed by atoms with E-state index in [1.54, 1.807) is 24.3 Å². The second-order valence-corrected chi connectivity index (χ2v) is 6.54. The Kier molecular flexibility index (Phi) is 4.57. The monoisotopic (exact) mass is 373 g/mol. The van der Waals surface area contributed by atoms with Gasteiger partial charge in [-0.2, -0.15) is 0 Å². The van der Waals surface area contributed by atoms with E-state index < -0.39 is 23.7 Å². The molecular weight excluding hydrogens is 361 g/mol. The van der Waals surface area contributed by atoms with Gasteiger partial charge in [0, 0.05) is 16.1 Å². The molecule has 0 aliphatic carbocycles. The van der Waals surface area contributed by atoms with Gasteiger partial charge in [-0.1, -0.05) is 47.3 Å². The Labute approximate surface area is 155 Å². The number of ketones is 1. The predicted molar refractivity (Wildman–Crippen MR) is 96.9 cm³/mol. The maximum atomic E-state index is 12.8.